The van der Waals surface area contributed by atoms with Crippen LogP contribution in [0.15, 0.2) is 36.5 Å². The molecule has 3 rings (SSSR count). The van der Waals surface area contributed by atoms with Crippen LogP contribution in [-0.2, 0) is 11.0 Å². The first-order valence-electron chi connectivity index (χ1n) is 8.98. The minimum absolute atomic E-state index is 0.0724. The number of carboxylic acid groups (broad SMARTS) is 1. The van der Waals surface area contributed by atoms with E-state index in [1.165, 1.54) is 12.3 Å². The van der Waals surface area contributed by atoms with Gasteiger partial charge in [0.2, 0.25) is 0 Å². The maximum atomic E-state index is 12.8. The lowest BCUT2D eigenvalue weighted by molar-refractivity contribution is -0.141. The van der Waals surface area contributed by atoms with Crippen LogP contribution < -0.4 is 0 Å². The molecule has 0 bridgehead atoms. The van der Waals surface area contributed by atoms with Crippen molar-refractivity contribution < 1.29 is 27.9 Å². The van der Waals surface area contributed by atoms with E-state index in [0.717, 1.165) is 23.6 Å². The second-order valence-electron chi connectivity index (χ2n) is 6.89. The Morgan fingerprint density at radius 1 is 1.25 bits per heavy atom. The summed E-state index contributed by atoms with van der Waals surface area (Å²) in [5.74, 6) is -0.934. The van der Waals surface area contributed by atoms with Crippen molar-refractivity contribution in [1.82, 2.24) is 14.7 Å². The van der Waals surface area contributed by atoms with Crippen molar-refractivity contribution >= 4 is 11.9 Å². The van der Waals surface area contributed by atoms with E-state index in [2.05, 4.69) is 5.10 Å². The molecule has 28 heavy (non-hydrogen) atoms. The Labute approximate surface area is 159 Å². The molecule has 150 valence electrons. The van der Waals surface area contributed by atoms with Crippen molar-refractivity contribution in [1.29, 1.82) is 0 Å². The molecule has 1 saturated heterocycles. The van der Waals surface area contributed by atoms with Gasteiger partial charge in [-0.25, -0.2) is 4.68 Å². The van der Waals surface area contributed by atoms with Crippen molar-refractivity contribution in [2.75, 3.05) is 13.1 Å². The predicted octanol–water partition coefficient (Wildman–Crippen LogP) is 3.61. The molecule has 1 aliphatic heterocycles. The number of carbonyl (C=O) groups is 2. The maximum absolute atomic E-state index is 12.8. The first kappa shape index (κ1) is 19.9. The van der Waals surface area contributed by atoms with Gasteiger partial charge in [-0.1, -0.05) is 6.07 Å². The lowest BCUT2D eigenvalue weighted by atomic mass is 9.93. The van der Waals surface area contributed by atoms with Crippen LogP contribution in [-0.4, -0.2) is 44.8 Å². The Balaban J connectivity index is 1.73. The highest BCUT2D eigenvalue weighted by molar-refractivity contribution is 5.94. The standard InChI is InChI=1S/C19H20F3N3O3/c20-19(21,22)16-8-10-25(23-16)15-5-1-4-14(11-15)18(28)24-9-2-3-13(12-24)6-7-17(26)27/h1,4-5,8,10-11,13H,2-3,6-7,9,12H2,(H,26,27)/t13-/m0/s1. The fourth-order valence-corrected chi connectivity index (χ4v) is 3.40. The average Bonchev–Trinajstić information content (AvgIpc) is 3.17. The summed E-state index contributed by atoms with van der Waals surface area (Å²) < 4.78 is 39.3. The number of likely N-dealkylation sites (tertiary alicyclic amines) is 1. The van der Waals surface area contributed by atoms with Gasteiger partial charge in [0.25, 0.3) is 5.91 Å². The first-order valence-corrected chi connectivity index (χ1v) is 8.98. The number of piperidine rings is 1. The molecule has 1 aromatic heterocycles. The van der Waals surface area contributed by atoms with E-state index in [-0.39, 0.29) is 18.2 Å². The Kier molecular flexibility index (Phi) is 5.71. The summed E-state index contributed by atoms with van der Waals surface area (Å²) in [6.45, 7) is 1.06. The number of amides is 1. The molecule has 1 aliphatic rings. The Hall–Kier alpha value is -2.84. The number of hydrogen-bond donors (Lipinski definition) is 1. The van der Waals surface area contributed by atoms with E-state index in [1.54, 1.807) is 23.1 Å². The summed E-state index contributed by atoms with van der Waals surface area (Å²) in [6, 6.07) is 7.18. The normalized spacial score (nSPS) is 17.5. The van der Waals surface area contributed by atoms with Gasteiger partial charge in [0, 0.05) is 31.3 Å². The van der Waals surface area contributed by atoms with Gasteiger partial charge in [-0.2, -0.15) is 18.3 Å². The molecule has 1 atom stereocenters. The number of aromatic nitrogens is 2. The molecule has 0 unspecified atom stereocenters. The van der Waals surface area contributed by atoms with Crippen LogP contribution in [0.5, 0.6) is 0 Å². The monoisotopic (exact) mass is 395 g/mol. The molecule has 2 aromatic rings. The number of nitrogens with zero attached hydrogens (tertiary/aromatic N) is 3. The molecule has 0 saturated carbocycles. The third-order valence-corrected chi connectivity index (χ3v) is 4.81. The SMILES string of the molecule is O=C(O)CC[C@@H]1CCCN(C(=O)c2cccc(-n3ccc(C(F)(F)F)n3)c2)C1. The van der Waals surface area contributed by atoms with Crippen molar-refractivity contribution in [2.45, 2.75) is 31.9 Å². The summed E-state index contributed by atoms with van der Waals surface area (Å²) in [4.78, 5) is 25.3. The average molecular weight is 395 g/mol. The topological polar surface area (TPSA) is 75.4 Å². The number of halogens is 3. The number of benzene rings is 1. The van der Waals surface area contributed by atoms with Gasteiger partial charge in [0.1, 0.15) is 0 Å². The van der Waals surface area contributed by atoms with Crippen LogP contribution in [0.2, 0.25) is 0 Å². The molecule has 9 heteroatoms. The highest BCUT2D eigenvalue weighted by atomic mass is 19.4. The molecule has 0 aliphatic carbocycles. The minimum Gasteiger partial charge on any atom is -0.481 e. The second-order valence-corrected chi connectivity index (χ2v) is 6.89. The van der Waals surface area contributed by atoms with Crippen LogP contribution in [0.3, 0.4) is 0 Å². The van der Waals surface area contributed by atoms with Gasteiger partial charge in [-0.05, 0) is 49.4 Å². The maximum Gasteiger partial charge on any atom is 0.435 e. The van der Waals surface area contributed by atoms with Gasteiger partial charge in [-0.3, -0.25) is 9.59 Å². The van der Waals surface area contributed by atoms with E-state index >= 15 is 0 Å². The fraction of sp³-hybridized carbons (Fsp3) is 0.421. The van der Waals surface area contributed by atoms with Gasteiger partial charge >= 0.3 is 12.1 Å². The van der Waals surface area contributed by atoms with Crippen LogP contribution >= 0.6 is 0 Å². The number of aliphatic carboxylic acids is 1. The van der Waals surface area contributed by atoms with Gasteiger partial charge in [0.05, 0.1) is 5.69 Å². The summed E-state index contributed by atoms with van der Waals surface area (Å²) in [5.41, 5.74) is -0.275. The Morgan fingerprint density at radius 3 is 2.71 bits per heavy atom. The van der Waals surface area contributed by atoms with Crippen LogP contribution in [0.1, 0.15) is 41.7 Å². The molecule has 0 spiro atoms. The number of carbonyl (C=O) groups excluding carboxylic acids is 1. The van der Waals surface area contributed by atoms with Crippen molar-refractivity contribution in [3.63, 3.8) is 0 Å². The minimum atomic E-state index is -4.53. The molecule has 1 N–H and O–H groups in total. The predicted molar refractivity (Wildman–Crippen MR) is 94.1 cm³/mol. The largest absolute Gasteiger partial charge is 0.481 e. The van der Waals surface area contributed by atoms with Gasteiger partial charge < -0.3 is 10.0 Å². The molecule has 1 amide bonds. The van der Waals surface area contributed by atoms with Crippen LogP contribution in [0, 0.1) is 5.92 Å². The van der Waals surface area contributed by atoms with E-state index < -0.39 is 17.8 Å². The van der Waals surface area contributed by atoms with E-state index in [4.69, 9.17) is 5.11 Å². The van der Waals surface area contributed by atoms with Gasteiger partial charge in [0.15, 0.2) is 5.69 Å². The zero-order valence-electron chi connectivity index (χ0n) is 15.0. The fourth-order valence-electron chi connectivity index (χ4n) is 3.40. The molecule has 6 nitrogen and oxygen atoms in total. The molecular weight excluding hydrogens is 375 g/mol. The lowest BCUT2D eigenvalue weighted by Crippen LogP contribution is -2.40. The summed E-state index contributed by atoms with van der Waals surface area (Å²) in [5, 5.41) is 12.4. The number of hydrogen-bond acceptors (Lipinski definition) is 3. The number of alkyl halides is 3. The van der Waals surface area contributed by atoms with Crippen LogP contribution in [0.4, 0.5) is 13.2 Å². The highest BCUT2D eigenvalue weighted by Crippen LogP contribution is 2.28. The zero-order chi connectivity index (χ0) is 20.3. The van der Waals surface area contributed by atoms with Crippen molar-refractivity contribution in [3.8, 4) is 5.69 Å². The van der Waals surface area contributed by atoms with E-state index in [0.29, 0.717) is 30.8 Å². The summed E-state index contributed by atoms with van der Waals surface area (Å²) in [7, 11) is 0. The quantitative estimate of drug-likeness (QED) is 0.839. The highest BCUT2D eigenvalue weighted by Gasteiger charge is 2.33. The molecule has 2 heterocycles. The molecule has 1 fully saturated rings. The van der Waals surface area contributed by atoms with Crippen LogP contribution in [0.25, 0.3) is 5.69 Å². The Morgan fingerprint density at radius 2 is 2.04 bits per heavy atom. The zero-order valence-corrected chi connectivity index (χ0v) is 15.0. The first-order chi connectivity index (χ1) is 13.2. The van der Waals surface area contributed by atoms with E-state index in [1.807, 2.05) is 0 Å². The molecule has 1 aromatic carbocycles. The number of rotatable bonds is 5. The summed E-state index contributed by atoms with van der Waals surface area (Å²) >= 11 is 0. The molecular formula is C19H20F3N3O3. The Bertz CT molecular complexity index is 863. The number of carboxylic acids is 1. The summed E-state index contributed by atoms with van der Waals surface area (Å²) in [6.07, 6.45) is -1.06. The smallest absolute Gasteiger partial charge is 0.435 e. The third kappa shape index (κ3) is 4.71. The molecule has 0 radical (unpaired) electrons. The van der Waals surface area contributed by atoms with Crippen molar-refractivity contribution in [2.24, 2.45) is 5.92 Å². The van der Waals surface area contributed by atoms with Gasteiger partial charge in [-0.15, -0.1) is 0 Å². The lowest BCUT2D eigenvalue weighted by Gasteiger charge is -2.32. The second kappa shape index (κ2) is 8.04. The van der Waals surface area contributed by atoms with Crippen molar-refractivity contribution in [3.05, 3.63) is 47.8 Å². The van der Waals surface area contributed by atoms with E-state index in [9.17, 15) is 22.8 Å². The third-order valence-electron chi connectivity index (χ3n) is 4.81.